The molecule has 2 aromatic heterocycles. The highest BCUT2D eigenvalue weighted by Crippen LogP contribution is 2.32. The number of aromatic nitrogens is 3. The van der Waals surface area contributed by atoms with E-state index < -0.39 is 0 Å². The summed E-state index contributed by atoms with van der Waals surface area (Å²) in [6.45, 7) is 6.17. The molecular formula is C21H22ClN5S. The van der Waals surface area contributed by atoms with E-state index in [1.165, 1.54) is 15.6 Å². The van der Waals surface area contributed by atoms with Crippen LogP contribution in [0.25, 0.3) is 20.4 Å². The van der Waals surface area contributed by atoms with Crippen molar-refractivity contribution in [3.05, 3.63) is 53.6 Å². The van der Waals surface area contributed by atoms with Crippen LogP contribution in [0.1, 0.15) is 6.42 Å². The van der Waals surface area contributed by atoms with Gasteiger partial charge in [-0.1, -0.05) is 47.1 Å². The van der Waals surface area contributed by atoms with Crippen LogP contribution in [0, 0.1) is 0 Å². The van der Waals surface area contributed by atoms with Gasteiger partial charge in [0.1, 0.15) is 5.52 Å². The Hall–Kier alpha value is -2.15. The summed E-state index contributed by atoms with van der Waals surface area (Å²) in [4.78, 5) is 5.96. The number of fused-ring (bicyclic) bond motifs is 3. The van der Waals surface area contributed by atoms with E-state index in [-0.39, 0.29) is 0 Å². The third-order valence-electron chi connectivity index (χ3n) is 5.46. The minimum absolute atomic E-state index is 0.842. The molecular weight excluding hydrogens is 390 g/mol. The first-order chi connectivity index (χ1) is 13.8. The molecule has 0 aliphatic carbocycles. The van der Waals surface area contributed by atoms with Gasteiger partial charge in [-0.05, 0) is 24.6 Å². The highest BCUT2D eigenvalue weighted by atomic mass is 35.5. The summed E-state index contributed by atoms with van der Waals surface area (Å²) >= 11 is 8.07. The van der Waals surface area contributed by atoms with Gasteiger partial charge in [-0.2, -0.15) is 0 Å². The summed E-state index contributed by atoms with van der Waals surface area (Å²) in [6.07, 6.45) is 1.08. The van der Waals surface area contributed by atoms with Gasteiger partial charge in [-0.3, -0.25) is 4.90 Å². The topological polar surface area (TPSA) is 37.2 Å². The molecule has 5 nitrogen and oxygen atoms in total. The number of halogens is 1. The standard InChI is InChI=1S/C21H22ClN5S/c22-17-7-2-3-8-18(17)26-14-12-25(13-15-26)10-5-11-27-20-16-6-1-4-9-19(16)28-21(20)23-24-27/h1-4,6-9H,5,10-15H2. The predicted molar refractivity (Wildman–Crippen MR) is 118 cm³/mol. The lowest BCUT2D eigenvalue weighted by Crippen LogP contribution is -2.46. The smallest absolute Gasteiger partial charge is 0.167 e. The van der Waals surface area contributed by atoms with Gasteiger partial charge in [-0.25, -0.2) is 4.68 Å². The number of thiophene rings is 1. The highest BCUT2D eigenvalue weighted by molar-refractivity contribution is 7.25. The van der Waals surface area contributed by atoms with Crippen LogP contribution in [0.4, 0.5) is 5.69 Å². The molecule has 5 rings (SSSR count). The van der Waals surface area contributed by atoms with Crippen molar-refractivity contribution < 1.29 is 0 Å². The summed E-state index contributed by atoms with van der Waals surface area (Å²) in [5.74, 6) is 0. The van der Waals surface area contributed by atoms with Gasteiger partial charge in [0.05, 0.1) is 10.7 Å². The molecule has 0 spiro atoms. The summed E-state index contributed by atoms with van der Waals surface area (Å²) < 4.78 is 3.36. The zero-order valence-corrected chi connectivity index (χ0v) is 17.2. The number of aryl methyl sites for hydroxylation is 1. The van der Waals surface area contributed by atoms with Gasteiger partial charge in [0.15, 0.2) is 4.83 Å². The van der Waals surface area contributed by atoms with E-state index in [1.807, 2.05) is 12.1 Å². The minimum atomic E-state index is 0.842. The first-order valence-corrected chi connectivity index (χ1v) is 10.9. The normalized spacial score (nSPS) is 15.7. The summed E-state index contributed by atoms with van der Waals surface area (Å²) in [6, 6.07) is 16.6. The van der Waals surface area contributed by atoms with Crippen molar-refractivity contribution >= 4 is 49.1 Å². The van der Waals surface area contributed by atoms with Crippen LogP contribution in [0.2, 0.25) is 5.02 Å². The first-order valence-electron chi connectivity index (χ1n) is 9.72. The Balaban J connectivity index is 1.18. The van der Waals surface area contributed by atoms with Crippen LogP contribution in [-0.4, -0.2) is 52.6 Å². The van der Waals surface area contributed by atoms with E-state index in [0.29, 0.717) is 0 Å². The molecule has 1 aliphatic rings. The number of hydrogen-bond donors (Lipinski definition) is 0. The van der Waals surface area contributed by atoms with Gasteiger partial charge >= 0.3 is 0 Å². The molecule has 0 radical (unpaired) electrons. The van der Waals surface area contributed by atoms with Gasteiger partial charge in [0.2, 0.25) is 0 Å². The van der Waals surface area contributed by atoms with E-state index >= 15 is 0 Å². The van der Waals surface area contributed by atoms with Gasteiger partial charge in [-0.15, -0.1) is 16.4 Å². The van der Waals surface area contributed by atoms with Crippen LogP contribution >= 0.6 is 22.9 Å². The van der Waals surface area contributed by atoms with Crippen molar-refractivity contribution in [1.82, 2.24) is 19.9 Å². The molecule has 4 aromatic rings. The fourth-order valence-corrected chi connectivity index (χ4v) is 5.27. The highest BCUT2D eigenvalue weighted by Gasteiger charge is 2.19. The maximum absolute atomic E-state index is 6.34. The quantitative estimate of drug-likeness (QED) is 0.484. The van der Waals surface area contributed by atoms with E-state index in [1.54, 1.807) is 11.3 Å². The largest absolute Gasteiger partial charge is 0.368 e. The SMILES string of the molecule is Clc1ccccc1N1CCN(CCCn2nnc3sc4ccccc4c32)CC1. The lowest BCUT2D eigenvalue weighted by molar-refractivity contribution is 0.249. The Kier molecular flexibility index (Phi) is 4.93. The average Bonchev–Trinajstić information content (AvgIpc) is 3.29. The molecule has 0 amide bonds. The molecule has 144 valence electrons. The lowest BCUT2D eigenvalue weighted by atomic mass is 10.2. The first kappa shape index (κ1) is 17.9. The van der Waals surface area contributed by atoms with Crippen LogP contribution in [0.3, 0.4) is 0 Å². The number of hydrogen-bond acceptors (Lipinski definition) is 5. The maximum Gasteiger partial charge on any atom is 0.167 e. The second kappa shape index (κ2) is 7.70. The minimum Gasteiger partial charge on any atom is -0.368 e. The van der Waals surface area contributed by atoms with Crippen LogP contribution in [-0.2, 0) is 6.54 Å². The number of rotatable bonds is 5. The zero-order chi connectivity index (χ0) is 18.9. The Morgan fingerprint density at radius 3 is 2.57 bits per heavy atom. The molecule has 1 saturated heterocycles. The molecule has 1 aliphatic heterocycles. The van der Waals surface area contributed by atoms with Gasteiger partial charge < -0.3 is 4.90 Å². The second-order valence-corrected chi connectivity index (χ2v) is 8.64. The molecule has 0 unspecified atom stereocenters. The third-order valence-corrected chi connectivity index (χ3v) is 6.83. The van der Waals surface area contributed by atoms with Crippen molar-refractivity contribution in [2.24, 2.45) is 0 Å². The average molecular weight is 412 g/mol. The Morgan fingerprint density at radius 1 is 0.929 bits per heavy atom. The molecule has 7 heteroatoms. The number of para-hydroxylation sites is 1. The fourth-order valence-electron chi connectivity index (χ4n) is 4.00. The van der Waals surface area contributed by atoms with Gasteiger partial charge in [0, 0.05) is 49.4 Å². The third kappa shape index (κ3) is 3.36. The van der Waals surface area contributed by atoms with Crippen LogP contribution < -0.4 is 4.90 Å². The van der Waals surface area contributed by atoms with E-state index in [9.17, 15) is 0 Å². The Bertz CT molecular complexity index is 1100. The van der Waals surface area contributed by atoms with E-state index in [2.05, 4.69) is 61.2 Å². The van der Waals surface area contributed by atoms with E-state index in [4.69, 9.17) is 11.6 Å². The van der Waals surface area contributed by atoms with Crippen molar-refractivity contribution in [2.75, 3.05) is 37.6 Å². The predicted octanol–water partition coefficient (Wildman–Crippen LogP) is 4.51. The Morgan fingerprint density at radius 2 is 1.71 bits per heavy atom. The van der Waals surface area contributed by atoms with Gasteiger partial charge in [0.25, 0.3) is 0 Å². The van der Waals surface area contributed by atoms with Crippen molar-refractivity contribution in [2.45, 2.75) is 13.0 Å². The molecule has 0 bridgehead atoms. The van der Waals surface area contributed by atoms with Crippen molar-refractivity contribution in [3.63, 3.8) is 0 Å². The summed E-state index contributed by atoms with van der Waals surface area (Å²) in [5.41, 5.74) is 2.34. The molecule has 0 atom stereocenters. The number of piperazine rings is 1. The summed E-state index contributed by atoms with van der Waals surface area (Å²) in [5, 5.41) is 10.9. The van der Waals surface area contributed by atoms with Crippen molar-refractivity contribution in [1.29, 1.82) is 0 Å². The van der Waals surface area contributed by atoms with Crippen LogP contribution in [0.5, 0.6) is 0 Å². The summed E-state index contributed by atoms with van der Waals surface area (Å²) in [7, 11) is 0. The van der Waals surface area contributed by atoms with Crippen LogP contribution in [0.15, 0.2) is 48.5 Å². The lowest BCUT2D eigenvalue weighted by Gasteiger charge is -2.36. The molecule has 1 fully saturated rings. The molecule has 2 aromatic carbocycles. The maximum atomic E-state index is 6.34. The number of anilines is 1. The molecule has 0 saturated carbocycles. The Labute approximate surface area is 173 Å². The monoisotopic (exact) mass is 411 g/mol. The van der Waals surface area contributed by atoms with E-state index in [0.717, 1.165) is 61.2 Å². The molecule has 28 heavy (non-hydrogen) atoms. The van der Waals surface area contributed by atoms with Crippen molar-refractivity contribution in [3.8, 4) is 0 Å². The zero-order valence-electron chi connectivity index (χ0n) is 15.6. The molecule has 0 N–H and O–H groups in total. The fraction of sp³-hybridized carbons (Fsp3) is 0.333. The number of nitrogens with zero attached hydrogens (tertiary/aromatic N) is 5. The number of benzene rings is 2. The second-order valence-electron chi connectivity index (χ2n) is 7.20. The molecule has 3 heterocycles.